The zero-order valence-corrected chi connectivity index (χ0v) is 40.4. The number of phenolic OH excluding ortho intramolecular Hbond substituents is 1. The molecule has 0 aliphatic carbocycles. The molecule has 2 heterocycles. The molecule has 1 saturated heterocycles. The minimum Gasteiger partial charge on any atom is -0.506 e. The molecule has 1 fully saturated rings. The number of carbonyl (C=O) groups excluding carboxylic acids is 8. The largest absolute Gasteiger partial charge is 0.506 e. The lowest BCUT2D eigenvalue weighted by atomic mass is 9.95. The number of hydrogen-bond acceptors (Lipinski definition) is 14. The van der Waals surface area contributed by atoms with Crippen LogP contribution in [0.3, 0.4) is 0 Å². The number of carboxylic acids is 1. The fourth-order valence-electron chi connectivity index (χ4n) is 7.20. The third kappa shape index (κ3) is 17.7. The quantitative estimate of drug-likeness (QED) is 0.0220. The van der Waals surface area contributed by atoms with E-state index >= 15 is 0 Å². The van der Waals surface area contributed by atoms with Gasteiger partial charge in [-0.05, 0) is 55.2 Å². The van der Waals surface area contributed by atoms with Crippen LogP contribution in [0.4, 0.5) is 5.69 Å². The van der Waals surface area contributed by atoms with Crippen LogP contribution in [-0.4, -0.2) is 122 Å². The van der Waals surface area contributed by atoms with Crippen molar-refractivity contribution >= 4 is 82.9 Å². The van der Waals surface area contributed by atoms with Crippen LogP contribution in [0.25, 0.3) is 0 Å². The summed E-state index contributed by atoms with van der Waals surface area (Å²) in [5.41, 5.74) is 0.666. The van der Waals surface area contributed by atoms with Crippen molar-refractivity contribution in [2.24, 2.45) is 17.8 Å². The van der Waals surface area contributed by atoms with E-state index in [9.17, 15) is 53.4 Å². The lowest BCUT2D eigenvalue weighted by molar-refractivity contribution is -0.148. The van der Waals surface area contributed by atoms with Crippen molar-refractivity contribution in [2.45, 2.75) is 129 Å². The molecule has 66 heavy (non-hydrogen) atoms. The number of imide groups is 1. The molecule has 19 nitrogen and oxygen atoms in total. The summed E-state index contributed by atoms with van der Waals surface area (Å²) in [4.78, 5) is 119. The highest BCUT2D eigenvalue weighted by Crippen LogP contribution is 2.31. The Kier molecular flexibility index (Phi) is 22.0. The Morgan fingerprint density at radius 3 is 2.32 bits per heavy atom. The van der Waals surface area contributed by atoms with Gasteiger partial charge in [-0.2, -0.15) is 12.6 Å². The van der Waals surface area contributed by atoms with Crippen molar-refractivity contribution in [1.29, 1.82) is 0 Å². The average molecular weight is 960 g/mol. The van der Waals surface area contributed by atoms with Crippen molar-refractivity contribution in [1.82, 2.24) is 30.7 Å². The first-order valence-electron chi connectivity index (χ1n) is 22.2. The second-order valence-corrected chi connectivity index (χ2v) is 18.6. The Morgan fingerprint density at radius 1 is 1.00 bits per heavy atom. The van der Waals surface area contributed by atoms with Crippen molar-refractivity contribution in [3.8, 4) is 5.75 Å². The van der Waals surface area contributed by atoms with Gasteiger partial charge in [-0.15, -0.1) is 11.3 Å². The molecule has 0 bridgehead atoms. The van der Waals surface area contributed by atoms with Gasteiger partial charge in [0.15, 0.2) is 6.10 Å². The zero-order valence-electron chi connectivity index (χ0n) is 38.7. The molecule has 1 aliphatic rings. The maximum Gasteiger partial charge on any atom is 0.306 e. The Morgan fingerprint density at radius 2 is 1.70 bits per heavy atom. The molecular formula is C45H65N7O12S2. The van der Waals surface area contributed by atoms with Crippen LogP contribution in [0.5, 0.6) is 5.75 Å². The number of hydrogen-bond donors (Lipinski definition) is 7. The Balaban J connectivity index is 1.58. The van der Waals surface area contributed by atoms with Crippen LogP contribution in [-0.2, 0) is 49.5 Å². The second kappa shape index (κ2) is 26.5. The minimum absolute atomic E-state index is 0.00316. The summed E-state index contributed by atoms with van der Waals surface area (Å²) in [6, 6.07) is 3.43. The summed E-state index contributed by atoms with van der Waals surface area (Å²) < 4.78 is 5.69. The van der Waals surface area contributed by atoms with Gasteiger partial charge in [-0.1, -0.05) is 47.1 Å². The van der Waals surface area contributed by atoms with Gasteiger partial charge in [0.1, 0.15) is 16.5 Å². The van der Waals surface area contributed by atoms with E-state index < -0.39 is 58.9 Å². The SMILES string of the molecule is CC[C@H](C)CC(=O)N(C)C(C[C@@H](OC(C)=O)c1nc(C(=O)N[C@@H](Cc2ccc(O)c(NC(=O)CCCNC(=O)CNC(=O)CCCN3C(=O)CC(S)C3=O)c2)C[C@@H](C)C(=O)O)cs1)C(C)C. The van der Waals surface area contributed by atoms with E-state index in [1.54, 1.807) is 18.0 Å². The van der Waals surface area contributed by atoms with Gasteiger partial charge in [-0.25, -0.2) is 4.98 Å². The van der Waals surface area contributed by atoms with Gasteiger partial charge < -0.3 is 41.1 Å². The molecule has 0 spiro atoms. The number of anilines is 1. The monoisotopic (exact) mass is 959 g/mol. The van der Waals surface area contributed by atoms with E-state index in [0.29, 0.717) is 17.0 Å². The lowest BCUT2D eigenvalue weighted by Crippen LogP contribution is -2.42. The van der Waals surface area contributed by atoms with Gasteiger partial charge in [0, 0.05) is 76.6 Å². The van der Waals surface area contributed by atoms with Crippen molar-refractivity contribution in [2.75, 3.05) is 32.0 Å². The molecule has 1 aromatic heterocycles. The van der Waals surface area contributed by atoms with Crippen LogP contribution in [0.2, 0.25) is 0 Å². The van der Waals surface area contributed by atoms with E-state index in [0.717, 1.165) is 22.7 Å². The first-order valence-corrected chi connectivity index (χ1v) is 23.6. The molecular weight excluding hydrogens is 895 g/mol. The summed E-state index contributed by atoms with van der Waals surface area (Å²) >= 11 is 5.19. The third-order valence-corrected chi connectivity index (χ3v) is 12.6. The number of thiol groups is 1. The fourth-order valence-corrected chi connectivity index (χ4v) is 8.34. The van der Waals surface area contributed by atoms with Crippen LogP contribution >= 0.6 is 24.0 Å². The van der Waals surface area contributed by atoms with Gasteiger partial charge in [0.25, 0.3) is 5.91 Å². The number of thiazole rings is 1. The van der Waals surface area contributed by atoms with E-state index in [2.05, 4.69) is 38.9 Å². The number of benzene rings is 1. The minimum atomic E-state index is -1.07. The summed E-state index contributed by atoms with van der Waals surface area (Å²) in [5.74, 6) is -5.23. The first kappa shape index (κ1) is 54.8. The Hall–Kier alpha value is -5.57. The van der Waals surface area contributed by atoms with E-state index in [4.69, 9.17) is 4.74 Å². The number of aliphatic carboxylic acids is 1. The number of nitrogens with one attached hydrogen (secondary N) is 4. The Bertz CT molecular complexity index is 2060. The van der Waals surface area contributed by atoms with E-state index in [1.165, 1.54) is 31.4 Å². The summed E-state index contributed by atoms with van der Waals surface area (Å²) in [7, 11) is 1.74. The maximum atomic E-state index is 13.7. The number of rotatable bonds is 27. The predicted octanol–water partition coefficient (Wildman–Crippen LogP) is 4.00. The summed E-state index contributed by atoms with van der Waals surface area (Å²) in [6.07, 6.45) is 1.24. The highest BCUT2D eigenvalue weighted by molar-refractivity contribution is 7.81. The number of carboxylic acid groups (broad SMARTS) is 1. The highest BCUT2D eigenvalue weighted by Gasteiger charge is 2.36. The van der Waals surface area contributed by atoms with Crippen molar-refractivity contribution < 1.29 is 58.1 Å². The van der Waals surface area contributed by atoms with Crippen molar-refractivity contribution in [3.05, 3.63) is 39.8 Å². The number of aromatic hydroxyl groups is 1. The van der Waals surface area contributed by atoms with Gasteiger partial charge in [0.2, 0.25) is 35.4 Å². The van der Waals surface area contributed by atoms with Gasteiger partial charge >= 0.3 is 11.9 Å². The Labute approximate surface area is 395 Å². The third-order valence-electron chi connectivity index (χ3n) is 11.2. The van der Waals surface area contributed by atoms with Crippen LogP contribution in [0, 0.1) is 17.8 Å². The number of likely N-dealkylation sites (tertiary alicyclic amines) is 1. The van der Waals surface area contributed by atoms with Crippen LogP contribution < -0.4 is 21.3 Å². The summed E-state index contributed by atoms with van der Waals surface area (Å²) in [6.45, 7) is 10.7. The highest BCUT2D eigenvalue weighted by atomic mass is 32.1. The number of ether oxygens (including phenoxy) is 1. The number of carbonyl (C=O) groups is 9. The molecule has 364 valence electrons. The molecule has 2 unspecified atom stereocenters. The molecule has 0 radical (unpaired) electrons. The molecule has 2 aromatic rings. The number of nitrogens with zero attached hydrogens (tertiary/aromatic N) is 3. The topological polar surface area (TPSA) is 271 Å². The molecule has 1 aromatic carbocycles. The van der Waals surface area contributed by atoms with E-state index in [-0.39, 0.29) is 124 Å². The number of esters is 1. The normalized spacial score (nSPS) is 15.9. The van der Waals surface area contributed by atoms with Crippen LogP contribution in [0.1, 0.15) is 126 Å². The standard InChI is InChI=1S/C45H65N7O12S2/c1-8-26(4)17-40(58)51(7)33(25(2)3)21-35(64-28(6)53)43-50-32(24-66-43)42(60)48-30(18-27(5)45(62)63)19-29-13-14-34(54)31(20-29)49-38(56)11-9-15-46-39(57)23-47-37(55)12-10-16-52-41(59)22-36(65)44(52)61/h13-14,20,24-27,30,33,35-36,54,65H,8-12,15-19,21-23H2,1-7H3,(H,46,57)(H,47,55)(H,48,60)(H,49,56)(H,62,63)/t26-,27+,30+,33?,35+,36?/m0/s1. The zero-order chi connectivity index (χ0) is 49.2. The average Bonchev–Trinajstić information content (AvgIpc) is 3.84. The molecule has 1 aliphatic heterocycles. The van der Waals surface area contributed by atoms with E-state index in [1.807, 2.05) is 27.7 Å². The molecule has 6 N–H and O–H groups in total. The molecule has 3 rings (SSSR count). The number of aromatic nitrogens is 1. The second-order valence-electron chi connectivity index (χ2n) is 17.1. The molecule has 6 atom stereocenters. The fraction of sp³-hybridized carbons (Fsp3) is 0.600. The predicted molar refractivity (Wildman–Crippen MR) is 248 cm³/mol. The van der Waals surface area contributed by atoms with Gasteiger partial charge in [0.05, 0.1) is 23.4 Å². The molecule has 21 heteroatoms. The maximum absolute atomic E-state index is 13.7. The van der Waals surface area contributed by atoms with Gasteiger partial charge in [-0.3, -0.25) is 48.1 Å². The van der Waals surface area contributed by atoms with Crippen LogP contribution in [0.15, 0.2) is 23.6 Å². The number of amides is 7. The lowest BCUT2D eigenvalue weighted by Gasteiger charge is -2.34. The summed E-state index contributed by atoms with van der Waals surface area (Å²) in [5, 5.41) is 32.1. The molecule has 0 saturated carbocycles. The van der Waals surface area contributed by atoms with Crippen molar-refractivity contribution in [3.63, 3.8) is 0 Å². The number of phenols is 1. The molecule has 7 amide bonds. The smallest absolute Gasteiger partial charge is 0.306 e. The first-order chi connectivity index (χ1) is 31.1.